The number of benzene rings is 1. The molecule has 0 fully saturated rings. The van der Waals surface area contributed by atoms with E-state index in [0.717, 1.165) is 5.56 Å². The standard InChI is InChI=1S/C14H17N3O2S/c1-2-16-6-7-17(14(16)18)8-9-19-12-5-3-4-11(10-12)13(15)20/h3-7,10H,2,8-9H2,1H3,(H2,15,20). The van der Waals surface area contributed by atoms with Gasteiger partial charge in [-0.25, -0.2) is 4.79 Å². The SMILES string of the molecule is CCn1ccn(CCOc2cccc(C(N)=S)c2)c1=O. The summed E-state index contributed by atoms with van der Waals surface area (Å²) in [7, 11) is 0. The van der Waals surface area contributed by atoms with Crippen LogP contribution in [0.3, 0.4) is 0 Å². The summed E-state index contributed by atoms with van der Waals surface area (Å²) in [6.45, 7) is 3.52. The summed E-state index contributed by atoms with van der Waals surface area (Å²) in [6.07, 6.45) is 3.54. The van der Waals surface area contributed by atoms with Crippen LogP contribution < -0.4 is 16.2 Å². The number of ether oxygens (including phenoxy) is 1. The van der Waals surface area contributed by atoms with E-state index in [-0.39, 0.29) is 5.69 Å². The molecule has 0 aliphatic heterocycles. The topological polar surface area (TPSA) is 62.2 Å². The average Bonchev–Trinajstić information content (AvgIpc) is 2.80. The minimum Gasteiger partial charge on any atom is -0.492 e. The number of hydrogen-bond donors (Lipinski definition) is 1. The van der Waals surface area contributed by atoms with Crippen LogP contribution in [0.1, 0.15) is 12.5 Å². The van der Waals surface area contributed by atoms with E-state index in [1.54, 1.807) is 27.6 Å². The van der Waals surface area contributed by atoms with Gasteiger partial charge in [-0.05, 0) is 19.1 Å². The van der Waals surface area contributed by atoms with Crippen LogP contribution in [0.4, 0.5) is 0 Å². The Morgan fingerprint density at radius 3 is 2.75 bits per heavy atom. The molecule has 2 N–H and O–H groups in total. The van der Waals surface area contributed by atoms with Gasteiger partial charge in [0.25, 0.3) is 0 Å². The summed E-state index contributed by atoms with van der Waals surface area (Å²) in [5.41, 5.74) is 6.32. The fraction of sp³-hybridized carbons (Fsp3) is 0.286. The molecule has 5 nitrogen and oxygen atoms in total. The van der Waals surface area contributed by atoms with Gasteiger partial charge in [0.05, 0.1) is 6.54 Å². The van der Waals surface area contributed by atoms with Crippen LogP contribution in [0, 0.1) is 0 Å². The van der Waals surface area contributed by atoms with Crippen molar-refractivity contribution in [2.75, 3.05) is 6.61 Å². The van der Waals surface area contributed by atoms with Gasteiger partial charge in [0.15, 0.2) is 0 Å². The quantitative estimate of drug-likeness (QED) is 0.817. The van der Waals surface area contributed by atoms with Gasteiger partial charge in [-0.3, -0.25) is 9.13 Å². The molecule has 0 atom stereocenters. The molecule has 20 heavy (non-hydrogen) atoms. The van der Waals surface area contributed by atoms with Crippen molar-refractivity contribution < 1.29 is 4.74 Å². The zero-order valence-corrected chi connectivity index (χ0v) is 12.1. The Kier molecular flexibility index (Phi) is 4.57. The summed E-state index contributed by atoms with van der Waals surface area (Å²) in [5.74, 6) is 0.693. The van der Waals surface area contributed by atoms with Gasteiger partial charge >= 0.3 is 5.69 Å². The van der Waals surface area contributed by atoms with Crippen LogP contribution in [0.15, 0.2) is 41.5 Å². The first-order valence-electron chi connectivity index (χ1n) is 6.40. The maximum absolute atomic E-state index is 11.8. The lowest BCUT2D eigenvalue weighted by molar-refractivity contribution is 0.296. The molecule has 0 aliphatic carbocycles. The number of aryl methyl sites for hydroxylation is 1. The Bertz CT molecular complexity index is 660. The van der Waals surface area contributed by atoms with E-state index in [2.05, 4.69) is 0 Å². The summed E-state index contributed by atoms with van der Waals surface area (Å²) < 4.78 is 8.89. The highest BCUT2D eigenvalue weighted by Crippen LogP contribution is 2.13. The molecule has 0 saturated heterocycles. The second-order valence-corrected chi connectivity index (χ2v) is 4.74. The molecular weight excluding hydrogens is 274 g/mol. The van der Waals surface area contributed by atoms with E-state index < -0.39 is 0 Å². The molecule has 1 aromatic carbocycles. The molecule has 0 spiro atoms. The maximum Gasteiger partial charge on any atom is 0.328 e. The molecule has 1 heterocycles. The normalized spacial score (nSPS) is 10.4. The van der Waals surface area contributed by atoms with Crippen molar-refractivity contribution in [3.8, 4) is 5.75 Å². The fourth-order valence-electron chi connectivity index (χ4n) is 1.87. The number of hydrogen-bond acceptors (Lipinski definition) is 3. The molecule has 1 aromatic heterocycles. The number of aromatic nitrogens is 2. The minimum atomic E-state index is -0.0204. The molecule has 0 radical (unpaired) electrons. The van der Waals surface area contributed by atoms with Crippen LogP contribution in [0.2, 0.25) is 0 Å². The third-order valence-electron chi connectivity index (χ3n) is 2.98. The molecule has 0 unspecified atom stereocenters. The largest absolute Gasteiger partial charge is 0.492 e. The molecule has 0 bridgehead atoms. The number of nitrogens with zero attached hydrogens (tertiary/aromatic N) is 2. The van der Waals surface area contributed by atoms with E-state index in [1.165, 1.54) is 0 Å². The Labute approximate surface area is 122 Å². The third-order valence-corrected chi connectivity index (χ3v) is 3.21. The van der Waals surface area contributed by atoms with Gasteiger partial charge in [0.2, 0.25) is 0 Å². The lowest BCUT2D eigenvalue weighted by Crippen LogP contribution is -2.25. The predicted octanol–water partition coefficient (Wildman–Crippen LogP) is 1.38. The van der Waals surface area contributed by atoms with Crippen molar-refractivity contribution >= 4 is 17.2 Å². The van der Waals surface area contributed by atoms with Gasteiger partial charge in [-0.2, -0.15) is 0 Å². The Morgan fingerprint density at radius 1 is 1.35 bits per heavy atom. The van der Waals surface area contributed by atoms with Crippen molar-refractivity contribution in [1.82, 2.24) is 9.13 Å². The molecule has 106 valence electrons. The van der Waals surface area contributed by atoms with Crippen LogP contribution in [0.5, 0.6) is 5.75 Å². The first kappa shape index (κ1) is 14.3. The number of rotatable bonds is 6. The Hall–Kier alpha value is -2.08. The van der Waals surface area contributed by atoms with Crippen LogP contribution in [-0.2, 0) is 13.1 Å². The molecule has 0 aliphatic rings. The van der Waals surface area contributed by atoms with E-state index in [1.807, 2.05) is 25.1 Å². The van der Waals surface area contributed by atoms with E-state index >= 15 is 0 Å². The second-order valence-electron chi connectivity index (χ2n) is 4.30. The number of imidazole rings is 1. The zero-order chi connectivity index (χ0) is 14.5. The van der Waals surface area contributed by atoms with Gasteiger partial charge in [0.1, 0.15) is 17.3 Å². The number of thiocarbonyl (C=S) groups is 1. The first-order valence-corrected chi connectivity index (χ1v) is 6.81. The lowest BCUT2D eigenvalue weighted by Gasteiger charge is -2.07. The smallest absolute Gasteiger partial charge is 0.328 e. The molecule has 0 amide bonds. The highest BCUT2D eigenvalue weighted by atomic mass is 32.1. The van der Waals surface area contributed by atoms with Gasteiger partial charge in [0, 0.05) is 24.5 Å². The zero-order valence-electron chi connectivity index (χ0n) is 11.3. The summed E-state index contributed by atoms with van der Waals surface area (Å²) >= 11 is 4.92. The van der Waals surface area contributed by atoms with E-state index in [9.17, 15) is 4.79 Å². The Morgan fingerprint density at radius 2 is 2.10 bits per heavy atom. The van der Waals surface area contributed by atoms with Crippen molar-refractivity contribution in [1.29, 1.82) is 0 Å². The average molecular weight is 291 g/mol. The molecular formula is C14H17N3O2S. The molecule has 0 saturated carbocycles. The third kappa shape index (κ3) is 3.27. The first-order chi connectivity index (χ1) is 9.61. The lowest BCUT2D eigenvalue weighted by atomic mass is 10.2. The summed E-state index contributed by atoms with van der Waals surface area (Å²) in [6, 6.07) is 7.30. The molecule has 2 rings (SSSR count). The van der Waals surface area contributed by atoms with E-state index in [0.29, 0.717) is 30.4 Å². The van der Waals surface area contributed by atoms with Crippen molar-refractivity contribution in [3.05, 3.63) is 52.7 Å². The predicted molar refractivity (Wildman–Crippen MR) is 82.2 cm³/mol. The molecule has 6 heteroatoms. The van der Waals surface area contributed by atoms with Crippen molar-refractivity contribution in [2.24, 2.45) is 5.73 Å². The van der Waals surface area contributed by atoms with Gasteiger partial charge in [-0.1, -0.05) is 24.4 Å². The highest BCUT2D eigenvalue weighted by molar-refractivity contribution is 7.80. The minimum absolute atomic E-state index is 0.0204. The molecule has 2 aromatic rings. The van der Waals surface area contributed by atoms with Crippen molar-refractivity contribution in [3.63, 3.8) is 0 Å². The van der Waals surface area contributed by atoms with Gasteiger partial charge in [-0.15, -0.1) is 0 Å². The highest BCUT2D eigenvalue weighted by Gasteiger charge is 2.02. The van der Waals surface area contributed by atoms with E-state index in [4.69, 9.17) is 22.7 Å². The summed E-state index contributed by atoms with van der Waals surface area (Å²) in [4.78, 5) is 12.2. The summed E-state index contributed by atoms with van der Waals surface area (Å²) in [5, 5.41) is 0. The van der Waals surface area contributed by atoms with Crippen LogP contribution in [-0.4, -0.2) is 20.7 Å². The van der Waals surface area contributed by atoms with Crippen molar-refractivity contribution in [2.45, 2.75) is 20.0 Å². The number of nitrogens with two attached hydrogens (primary N) is 1. The monoisotopic (exact) mass is 291 g/mol. The van der Waals surface area contributed by atoms with Crippen LogP contribution >= 0.6 is 12.2 Å². The van der Waals surface area contributed by atoms with Crippen LogP contribution in [0.25, 0.3) is 0 Å². The fourth-order valence-corrected chi connectivity index (χ4v) is 1.99. The second kappa shape index (κ2) is 6.38. The van der Waals surface area contributed by atoms with Gasteiger partial charge < -0.3 is 10.5 Å². The Balaban J connectivity index is 1.96. The maximum atomic E-state index is 11.8.